The van der Waals surface area contributed by atoms with Crippen molar-refractivity contribution in [1.82, 2.24) is 15.5 Å². The number of methoxy groups -OCH3 is 2. The lowest BCUT2D eigenvalue weighted by atomic mass is 9.87. The Morgan fingerprint density at radius 2 is 1.69 bits per heavy atom. The number of likely N-dealkylation sites (tertiary alicyclic amines) is 1. The second-order valence-electron chi connectivity index (χ2n) is 8.61. The van der Waals surface area contributed by atoms with Gasteiger partial charge in [-0.2, -0.15) is 0 Å². The molecule has 1 atom stereocenters. The van der Waals surface area contributed by atoms with Gasteiger partial charge in [-0.25, -0.2) is 0 Å². The Morgan fingerprint density at radius 3 is 2.28 bits per heavy atom. The van der Waals surface area contributed by atoms with Crippen molar-refractivity contribution in [3.8, 4) is 5.75 Å². The molecule has 1 aromatic rings. The van der Waals surface area contributed by atoms with E-state index >= 15 is 0 Å². The van der Waals surface area contributed by atoms with Gasteiger partial charge in [0, 0.05) is 38.2 Å². The van der Waals surface area contributed by atoms with Crippen LogP contribution >= 0.6 is 0 Å². The van der Waals surface area contributed by atoms with Crippen LogP contribution in [0.2, 0.25) is 0 Å². The number of carbonyl (C=O) groups is 3. The highest BCUT2D eigenvalue weighted by molar-refractivity contribution is 5.97. The number of benzene rings is 1. The molecule has 0 bridgehead atoms. The summed E-state index contributed by atoms with van der Waals surface area (Å²) >= 11 is 0. The van der Waals surface area contributed by atoms with Crippen LogP contribution in [0.5, 0.6) is 5.75 Å². The van der Waals surface area contributed by atoms with E-state index < -0.39 is 6.04 Å². The summed E-state index contributed by atoms with van der Waals surface area (Å²) in [6.07, 6.45) is 5.61. The Kier molecular flexibility index (Phi) is 8.90. The molecule has 8 nitrogen and oxygen atoms in total. The quantitative estimate of drug-likeness (QED) is 0.567. The summed E-state index contributed by atoms with van der Waals surface area (Å²) in [6, 6.07) is 6.13. The van der Waals surface area contributed by atoms with E-state index in [1.165, 1.54) is 0 Å². The van der Waals surface area contributed by atoms with Gasteiger partial charge in [0.15, 0.2) is 0 Å². The topological polar surface area (TPSA) is 97.0 Å². The molecule has 32 heavy (non-hydrogen) atoms. The minimum absolute atomic E-state index is 0.0348. The van der Waals surface area contributed by atoms with Crippen molar-refractivity contribution in [3.63, 3.8) is 0 Å². The fraction of sp³-hybridized carbons (Fsp3) is 0.625. The standard InChI is InChI=1S/C24H35N3O5/c1-31-16-13-25-23(29)21(26-22(28)18-7-9-20(32-2)10-8-18)17-11-14-27(15-12-17)24(30)19-5-3-4-6-19/h7-10,17,19,21H,3-6,11-16H2,1-2H3,(H,25,29)(H,26,28). The molecule has 1 aliphatic carbocycles. The third-order valence-corrected chi connectivity index (χ3v) is 6.55. The highest BCUT2D eigenvalue weighted by atomic mass is 16.5. The number of piperidine rings is 1. The Labute approximate surface area is 190 Å². The smallest absolute Gasteiger partial charge is 0.251 e. The third kappa shape index (κ3) is 6.22. The zero-order valence-electron chi connectivity index (χ0n) is 19.1. The summed E-state index contributed by atoms with van der Waals surface area (Å²) in [5, 5.41) is 5.79. The van der Waals surface area contributed by atoms with Gasteiger partial charge >= 0.3 is 0 Å². The highest BCUT2D eigenvalue weighted by Crippen LogP contribution is 2.29. The number of hydrogen-bond acceptors (Lipinski definition) is 5. The van der Waals surface area contributed by atoms with Crippen LogP contribution in [-0.4, -0.2) is 69.1 Å². The first-order valence-electron chi connectivity index (χ1n) is 11.5. The second-order valence-corrected chi connectivity index (χ2v) is 8.61. The van der Waals surface area contributed by atoms with Crippen LogP contribution < -0.4 is 15.4 Å². The summed E-state index contributed by atoms with van der Waals surface area (Å²) in [4.78, 5) is 40.5. The number of rotatable bonds is 9. The minimum Gasteiger partial charge on any atom is -0.497 e. The van der Waals surface area contributed by atoms with Crippen molar-refractivity contribution in [3.05, 3.63) is 29.8 Å². The minimum atomic E-state index is -0.662. The molecule has 0 spiro atoms. The van der Waals surface area contributed by atoms with Crippen molar-refractivity contribution in [2.45, 2.75) is 44.6 Å². The molecule has 0 radical (unpaired) electrons. The SMILES string of the molecule is COCCNC(=O)C(NC(=O)c1ccc(OC)cc1)C1CCN(C(=O)C2CCCC2)CC1. The number of amides is 3. The van der Waals surface area contributed by atoms with Crippen LogP contribution in [0, 0.1) is 11.8 Å². The molecular weight excluding hydrogens is 410 g/mol. The van der Waals surface area contributed by atoms with Crippen LogP contribution in [0.1, 0.15) is 48.9 Å². The van der Waals surface area contributed by atoms with Crippen molar-refractivity contribution in [1.29, 1.82) is 0 Å². The lowest BCUT2D eigenvalue weighted by molar-refractivity contribution is -0.137. The van der Waals surface area contributed by atoms with E-state index in [2.05, 4.69) is 10.6 Å². The maximum atomic E-state index is 12.9. The van der Waals surface area contributed by atoms with Crippen molar-refractivity contribution < 1.29 is 23.9 Å². The predicted octanol–water partition coefficient (Wildman–Crippen LogP) is 1.99. The van der Waals surface area contributed by atoms with Gasteiger partial charge in [-0.1, -0.05) is 12.8 Å². The molecular formula is C24H35N3O5. The highest BCUT2D eigenvalue weighted by Gasteiger charge is 2.35. The van der Waals surface area contributed by atoms with Crippen LogP contribution in [0.25, 0.3) is 0 Å². The monoisotopic (exact) mass is 445 g/mol. The fourth-order valence-corrected chi connectivity index (χ4v) is 4.63. The lowest BCUT2D eigenvalue weighted by Crippen LogP contribution is -2.54. The molecule has 1 saturated carbocycles. The third-order valence-electron chi connectivity index (χ3n) is 6.55. The maximum absolute atomic E-state index is 12.9. The van der Waals surface area contributed by atoms with E-state index in [-0.39, 0.29) is 29.6 Å². The van der Waals surface area contributed by atoms with E-state index in [1.807, 2.05) is 4.90 Å². The Hall–Kier alpha value is -2.61. The zero-order chi connectivity index (χ0) is 22.9. The molecule has 1 aliphatic heterocycles. The maximum Gasteiger partial charge on any atom is 0.251 e. The number of nitrogens with one attached hydrogen (secondary N) is 2. The van der Waals surface area contributed by atoms with Crippen molar-refractivity contribution in [2.75, 3.05) is 40.5 Å². The lowest BCUT2D eigenvalue weighted by Gasteiger charge is -2.36. The van der Waals surface area contributed by atoms with Crippen molar-refractivity contribution in [2.24, 2.45) is 11.8 Å². The van der Waals surface area contributed by atoms with Gasteiger partial charge in [0.05, 0.1) is 13.7 Å². The molecule has 2 aliphatic rings. The molecule has 2 fully saturated rings. The number of hydrogen-bond donors (Lipinski definition) is 2. The fourth-order valence-electron chi connectivity index (χ4n) is 4.63. The summed E-state index contributed by atoms with van der Waals surface area (Å²) in [6.45, 7) is 2.03. The molecule has 8 heteroatoms. The molecule has 3 rings (SSSR count). The molecule has 1 heterocycles. The van der Waals surface area contributed by atoms with Gasteiger partial charge in [0.1, 0.15) is 11.8 Å². The van der Waals surface area contributed by atoms with Gasteiger partial charge < -0.3 is 25.0 Å². The Morgan fingerprint density at radius 1 is 1.03 bits per heavy atom. The number of nitrogens with zero attached hydrogens (tertiary/aromatic N) is 1. The summed E-state index contributed by atoms with van der Waals surface area (Å²) in [7, 11) is 3.14. The van der Waals surface area contributed by atoms with E-state index in [9.17, 15) is 14.4 Å². The van der Waals surface area contributed by atoms with Gasteiger partial charge in [0.2, 0.25) is 11.8 Å². The van der Waals surface area contributed by atoms with E-state index in [4.69, 9.17) is 9.47 Å². The average Bonchev–Trinajstić information content (AvgIpc) is 3.37. The molecule has 1 saturated heterocycles. The van der Waals surface area contributed by atoms with Gasteiger partial charge in [0.25, 0.3) is 5.91 Å². The number of ether oxygens (including phenoxy) is 2. The van der Waals surface area contributed by atoms with Crippen LogP contribution in [-0.2, 0) is 14.3 Å². The van der Waals surface area contributed by atoms with E-state index in [0.29, 0.717) is 50.4 Å². The first-order chi connectivity index (χ1) is 15.5. The normalized spacial score (nSPS) is 18.2. The summed E-state index contributed by atoms with van der Waals surface area (Å²) in [5.74, 6) is 0.523. The molecule has 0 aromatic heterocycles. The zero-order valence-corrected chi connectivity index (χ0v) is 19.1. The Bertz CT molecular complexity index is 768. The van der Waals surface area contributed by atoms with Crippen LogP contribution in [0.3, 0.4) is 0 Å². The molecule has 176 valence electrons. The average molecular weight is 446 g/mol. The number of carbonyl (C=O) groups excluding carboxylic acids is 3. The first-order valence-corrected chi connectivity index (χ1v) is 11.5. The summed E-state index contributed by atoms with van der Waals surface area (Å²) in [5.41, 5.74) is 0.467. The molecule has 1 unspecified atom stereocenters. The van der Waals surface area contributed by atoms with Gasteiger partial charge in [-0.05, 0) is 55.9 Å². The molecule has 2 N–H and O–H groups in total. The first kappa shape index (κ1) is 24.0. The predicted molar refractivity (Wildman–Crippen MR) is 120 cm³/mol. The van der Waals surface area contributed by atoms with Gasteiger partial charge in [-0.3, -0.25) is 14.4 Å². The second kappa shape index (κ2) is 11.9. The van der Waals surface area contributed by atoms with E-state index in [0.717, 1.165) is 25.7 Å². The van der Waals surface area contributed by atoms with Gasteiger partial charge in [-0.15, -0.1) is 0 Å². The molecule has 1 aromatic carbocycles. The Balaban J connectivity index is 1.63. The van der Waals surface area contributed by atoms with E-state index in [1.54, 1.807) is 38.5 Å². The van der Waals surface area contributed by atoms with Crippen LogP contribution in [0.4, 0.5) is 0 Å². The molecule has 3 amide bonds. The summed E-state index contributed by atoms with van der Waals surface area (Å²) < 4.78 is 10.2. The van der Waals surface area contributed by atoms with Crippen molar-refractivity contribution >= 4 is 17.7 Å². The largest absolute Gasteiger partial charge is 0.497 e. The van der Waals surface area contributed by atoms with Crippen LogP contribution in [0.15, 0.2) is 24.3 Å².